The molecule has 0 atom stereocenters. The maximum atomic E-state index is 2.64. The maximum absolute atomic E-state index is 2.64. The average molecular weight is 271 g/mol. The summed E-state index contributed by atoms with van der Waals surface area (Å²) in [5.41, 5.74) is 0. The van der Waals surface area contributed by atoms with E-state index in [4.69, 9.17) is 0 Å². The Kier molecular flexibility index (Phi) is 12.9. The molecular formula is C17H38N2. The number of unbranched alkanes of at least 4 members (excludes halogenated alkanes) is 2. The first kappa shape index (κ1) is 18.9. The van der Waals surface area contributed by atoms with Crippen LogP contribution in [0.5, 0.6) is 0 Å². The zero-order valence-electron chi connectivity index (χ0n) is 14.2. The van der Waals surface area contributed by atoms with Gasteiger partial charge in [-0.2, -0.15) is 0 Å². The quantitative estimate of drug-likeness (QED) is 0.682. The second-order valence-electron chi connectivity index (χ2n) is 5.99. The molecule has 0 aromatic carbocycles. The van der Waals surface area contributed by atoms with Gasteiger partial charge in [-0.15, -0.1) is 0 Å². The number of nitrogens with zero attached hydrogens (tertiary/aromatic N) is 2. The number of hydrogen-bond acceptors (Lipinski definition) is 2. The molecule has 0 aromatic heterocycles. The number of hydrogen-bond donors (Lipinski definition) is 0. The molecule has 0 bridgehead atoms. The first-order valence-corrected chi connectivity index (χ1v) is 8.58. The highest BCUT2D eigenvalue weighted by molar-refractivity contribution is 4.73. The van der Waals surface area contributed by atoms with E-state index in [1.165, 1.54) is 71.2 Å². The molecule has 1 rings (SSSR count). The van der Waals surface area contributed by atoms with Crippen molar-refractivity contribution in [1.82, 2.24) is 9.80 Å². The minimum atomic E-state index is 0.952. The van der Waals surface area contributed by atoms with Gasteiger partial charge in [-0.1, -0.05) is 47.0 Å². The largest absolute Gasteiger partial charge is 0.306 e. The lowest BCUT2D eigenvalue weighted by atomic mass is 9.96. The minimum Gasteiger partial charge on any atom is -0.306 e. The van der Waals surface area contributed by atoms with Crippen molar-refractivity contribution in [3.05, 3.63) is 0 Å². The van der Waals surface area contributed by atoms with E-state index < -0.39 is 0 Å². The fourth-order valence-electron chi connectivity index (χ4n) is 2.34. The summed E-state index contributed by atoms with van der Waals surface area (Å²) < 4.78 is 0. The molecule has 0 unspecified atom stereocenters. The Balaban J connectivity index is 0.000000711. The summed E-state index contributed by atoms with van der Waals surface area (Å²) in [4.78, 5) is 5.10. The van der Waals surface area contributed by atoms with Crippen molar-refractivity contribution in [2.24, 2.45) is 5.92 Å². The van der Waals surface area contributed by atoms with Crippen LogP contribution in [0.25, 0.3) is 0 Å². The minimum absolute atomic E-state index is 0.952. The highest BCUT2D eigenvalue weighted by Gasteiger charge is 2.19. The van der Waals surface area contributed by atoms with E-state index >= 15 is 0 Å². The van der Waals surface area contributed by atoms with Gasteiger partial charge in [-0.3, -0.25) is 0 Å². The van der Waals surface area contributed by atoms with E-state index in [0.717, 1.165) is 5.92 Å². The average Bonchev–Trinajstić information content (AvgIpc) is 2.46. The Hall–Kier alpha value is -0.0800. The van der Waals surface area contributed by atoms with Crippen LogP contribution in [0, 0.1) is 5.92 Å². The van der Waals surface area contributed by atoms with Crippen LogP contribution in [0.2, 0.25) is 0 Å². The van der Waals surface area contributed by atoms with E-state index in [2.05, 4.69) is 44.5 Å². The van der Waals surface area contributed by atoms with E-state index in [0.29, 0.717) is 0 Å². The van der Waals surface area contributed by atoms with Crippen molar-refractivity contribution in [2.45, 2.75) is 66.2 Å². The second-order valence-corrected chi connectivity index (χ2v) is 5.99. The van der Waals surface area contributed by atoms with Crippen LogP contribution in [0.4, 0.5) is 0 Å². The van der Waals surface area contributed by atoms with E-state index in [9.17, 15) is 0 Å². The molecular weight excluding hydrogens is 232 g/mol. The molecule has 2 nitrogen and oxygen atoms in total. The van der Waals surface area contributed by atoms with Crippen molar-refractivity contribution >= 4 is 0 Å². The van der Waals surface area contributed by atoms with E-state index in [1.807, 2.05) is 0 Å². The zero-order chi connectivity index (χ0) is 14.5. The predicted molar refractivity (Wildman–Crippen MR) is 87.8 cm³/mol. The van der Waals surface area contributed by atoms with Gasteiger partial charge in [-0.25, -0.2) is 0 Å². The highest BCUT2D eigenvalue weighted by atomic mass is 15.1. The van der Waals surface area contributed by atoms with Crippen LogP contribution in [0.3, 0.4) is 0 Å². The lowest BCUT2D eigenvalue weighted by Crippen LogP contribution is -2.38. The van der Waals surface area contributed by atoms with Crippen molar-refractivity contribution in [3.63, 3.8) is 0 Å². The number of likely N-dealkylation sites (tertiary alicyclic amines) is 1. The van der Waals surface area contributed by atoms with Gasteiger partial charge in [0.2, 0.25) is 0 Å². The summed E-state index contributed by atoms with van der Waals surface area (Å²) in [5, 5.41) is 0. The maximum Gasteiger partial charge on any atom is 0.000744 e. The number of rotatable bonds is 7. The van der Waals surface area contributed by atoms with Gasteiger partial charge >= 0.3 is 0 Å². The smallest absolute Gasteiger partial charge is 0.000744 e. The van der Waals surface area contributed by atoms with Gasteiger partial charge in [0, 0.05) is 6.54 Å². The summed E-state index contributed by atoms with van der Waals surface area (Å²) in [6.07, 6.45) is 8.17. The molecule has 0 N–H and O–H groups in total. The zero-order valence-corrected chi connectivity index (χ0v) is 14.2. The van der Waals surface area contributed by atoms with Gasteiger partial charge in [0.05, 0.1) is 0 Å². The van der Waals surface area contributed by atoms with Crippen molar-refractivity contribution in [3.8, 4) is 0 Å². The van der Waals surface area contributed by atoms with Crippen molar-refractivity contribution < 1.29 is 0 Å². The topological polar surface area (TPSA) is 6.48 Å². The van der Waals surface area contributed by atoms with Crippen LogP contribution in [-0.2, 0) is 0 Å². The third-order valence-electron chi connectivity index (χ3n) is 4.14. The van der Waals surface area contributed by atoms with Crippen LogP contribution < -0.4 is 0 Å². The third-order valence-corrected chi connectivity index (χ3v) is 4.14. The normalized spacial score (nSPS) is 17.4. The first-order valence-electron chi connectivity index (χ1n) is 8.58. The monoisotopic (exact) mass is 270 g/mol. The Bertz CT molecular complexity index is 172. The molecule has 1 heterocycles. The molecule has 19 heavy (non-hydrogen) atoms. The molecule has 1 fully saturated rings. The van der Waals surface area contributed by atoms with Crippen molar-refractivity contribution in [1.29, 1.82) is 0 Å². The summed E-state index contributed by atoms with van der Waals surface area (Å²) in [7, 11) is 2.24. The van der Waals surface area contributed by atoms with Gasteiger partial charge in [-0.05, 0) is 58.4 Å². The second kappa shape index (κ2) is 12.9. The van der Waals surface area contributed by atoms with Crippen LogP contribution >= 0.6 is 0 Å². The standard InChI is InChI=1S/C13H28N2.C4H10/c1-4-6-9-15-10-7-13(8-11-15)12-14(3)5-2;1-3-4-2/h13H,4-12H2,1-3H3;3-4H2,1-2H3. The molecule has 0 aromatic rings. The molecule has 116 valence electrons. The van der Waals surface area contributed by atoms with Gasteiger partial charge in [0.1, 0.15) is 0 Å². The lowest BCUT2D eigenvalue weighted by Gasteiger charge is -2.33. The SMILES string of the molecule is CCCC.CCCCN1CCC(CN(C)CC)CC1. The Morgan fingerprint density at radius 2 is 1.53 bits per heavy atom. The first-order chi connectivity index (χ1) is 9.17. The van der Waals surface area contributed by atoms with Crippen molar-refractivity contribution in [2.75, 3.05) is 39.8 Å². The van der Waals surface area contributed by atoms with E-state index in [1.54, 1.807) is 0 Å². The summed E-state index contributed by atoms with van der Waals surface area (Å²) in [6, 6.07) is 0. The fraction of sp³-hybridized carbons (Fsp3) is 1.00. The predicted octanol–water partition coefficient (Wildman–Crippen LogP) is 4.26. The van der Waals surface area contributed by atoms with Gasteiger partial charge < -0.3 is 9.80 Å². The molecule has 2 heteroatoms. The van der Waals surface area contributed by atoms with E-state index in [-0.39, 0.29) is 0 Å². The molecule has 0 aliphatic carbocycles. The lowest BCUT2D eigenvalue weighted by molar-refractivity contribution is 0.155. The highest BCUT2D eigenvalue weighted by Crippen LogP contribution is 2.18. The molecule has 0 saturated carbocycles. The molecule has 0 radical (unpaired) electrons. The molecule has 1 aliphatic heterocycles. The van der Waals surface area contributed by atoms with Crippen LogP contribution in [0.1, 0.15) is 66.2 Å². The Morgan fingerprint density at radius 1 is 0.947 bits per heavy atom. The summed E-state index contributed by atoms with van der Waals surface area (Å²) in [6.45, 7) is 15.4. The Labute approximate surface area is 122 Å². The Morgan fingerprint density at radius 3 is 1.95 bits per heavy atom. The van der Waals surface area contributed by atoms with Crippen LogP contribution in [0.15, 0.2) is 0 Å². The van der Waals surface area contributed by atoms with Gasteiger partial charge in [0.25, 0.3) is 0 Å². The molecule has 1 saturated heterocycles. The third kappa shape index (κ3) is 10.4. The molecule has 0 amide bonds. The molecule has 0 spiro atoms. The summed E-state index contributed by atoms with van der Waals surface area (Å²) >= 11 is 0. The molecule has 1 aliphatic rings. The van der Waals surface area contributed by atoms with Crippen LogP contribution in [-0.4, -0.2) is 49.6 Å². The number of piperidine rings is 1. The van der Waals surface area contributed by atoms with Gasteiger partial charge in [0.15, 0.2) is 0 Å². The summed E-state index contributed by atoms with van der Waals surface area (Å²) in [5.74, 6) is 0.952. The fourth-order valence-corrected chi connectivity index (χ4v) is 2.34.